The lowest BCUT2D eigenvalue weighted by molar-refractivity contribution is -0.0329. The molecule has 0 N–H and O–H groups in total. The van der Waals surface area contributed by atoms with Crippen LogP contribution in [0.25, 0.3) is 0 Å². The molecule has 1 heterocycles. The summed E-state index contributed by atoms with van der Waals surface area (Å²) in [6.07, 6.45) is 0.600. The first kappa shape index (κ1) is 17.7. The van der Waals surface area contributed by atoms with Crippen molar-refractivity contribution in [2.45, 2.75) is 18.3 Å². The lowest BCUT2D eigenvalue weighted by Crippen LogP contribution is -2.36. The van der Waals surface area contributed by atoms with Gasteiger partial charge < -0.3 is 0 Å². The first-order valence-electron chi connectivity index (χ1n) is 5.67. The average Bonchev–Trinajstić information content (AvgIpc) is 2.64. The minimum Gasteiger partial charge on any atom is -0.229 e. The third-order valence-corrected chi connectivity index (χ3v) is 7.06. The van der Waals surface area contributed by atoms with E-state index in [0.717, 1.165) is 0 Å². The number of hydrogen-bond donors (Lipinski definition) is 0. The van der Waals surface area contributed by atoms with Crippen LogP contribution < -0.4 is 0 Å². The van der Waals surface area contributed by atoms with E-state index < -0.39 is 20.8 Å². The normalized spacial score (nSPS) is 23.7. The minimum atomic E-state index is -4.29. The largest absolute Gasteiger partial charge is 0.441 e. The molecular weight excluding hydrogens is 344 g/mol. The van der Waals surface area contributed by atoms with E-state index in [-0.39, 0.29) is 53.1 Å². The fourth-order valence-corrected chi connectivity index (χ4v) is 5.91. The summed E-state index contributed by atoms with van der Waals surface area (Å²) in [5.74, 6) is -0.201. The van der Waals surface area contributed by atoms with Gasteiger partial charge in [-0.15, -0.1) is 23.2 Å². The van der Waals surface area contributed by atoms with E-state index in [0.29, 0.717) is 6.42 Å². The zero-order valence-electron chi connectivity index (χ0n) is 10.0. The summed E-state index contributed by atoms with van der Waals surface area (Å²) in [5.41, 5.74) is -5.02. The molecule has 0 spiro atoms. The van der Waals surface area contributed by atoms with Crippen molar-refractivity contribution in [3.8, 4) is 0 Å². The average molecular weight is 359 g/mol. The van der Waals surface area contributed by atoms with Crippen molar-refractivity contribution < 1.29 is 21.6 Å². The molecule has 1 aliphatic rings. The Morgan fingerprint density at radius 1 is 1.21 bits per heavy atom. The number of hydrogen-bond acceptors (Lipinski definition) is 3. The number of thioether (sulfide) groups is 1. The van der Waals surface area contributed by atoms with Gasteiger partial charge in [0, 0.05) is 22.9 Å². The molecule has 1 saturated heterocycles. The molecule has 1 atom stereocenters. The molecule has 0 bridgehead atoms. The van der Waals surface area contributed by atoms with Crippen molar-refractivity contribution in [1.82, 2.24) is 0 Å². The number of rotatable bonds is 6. The Bertz CT molecular complexity index is 394. The van der Waals surface area contributed by atoms with Gasteiger partial charge in [0.05, 0.1) is 11.5 Å². The lowest BCUT2D eigenvalue weighted by Gasteiger charge is -2.35. The van der Waals surface area contributed by atoms with Gasteiger partial charge >= 0.3 is 5.51 Å². The lowest BCUT2D eigenvalue weighted by atomic mass is 9.76. The Morgan fingerprint density at radius 3 is 2.16 bits per heavy atom. The van der Waals surface area contributed by atoms with E-state index in [4.69, 9.17) is 23.2 Å². The third-order valence-electron chi connectivity index (χ3n) is 3.50. The maximum absolute atomic E-state index is 12.1. The Labute approximate surface area is 125 Å². The van der Waals surface area contributed by atoms with Crippen molar-refractivity contribution in [1.29, 1.82) is 0 Å². The van der Waals surface area contributed by atoms with E-state index >= 15 is 0 Å². The second-order valence-electron chi connectivity index (χ2n) is 4.77. The van der Waals surface area contributed by atoms with Gasteiger partial charge in [-0.2, -0.15) is 13.2 Å². The molecule has 0 aromatic carbocycles. The third kappa shape index (κ3) is 5.17. The SMILES string of the molecule is O=S1(=O)CCC(C(CCl)(CCl)CCSC(F)(F)F)C1. The van der Waals surface area contributed by atoms with Crippen LogP contribution in [0.1, 0.15) is 12.8 Å². The van der Waals surface area contributed by atoms with Crippen LogP contribution in [0.3, 0.4) is 0 Å². The highest BCUT2D eigenvalue weighted by Gasteiger charge is 2.44. The summed E-state index contributed by atoms with van der Waals surface area (Å²) in [6.45, 7) is 0. The highest BCUT2D eigenvalue weighted by Crippen LogP contribution is 2.43. The molecule has 0 amide bonds. The predicted octanol–water partition coefficient (Wildman–Crippen LogP) is 3.53. The molecule has 0 aliphatic carbocycles. The van der Waals surface area contributed by atoms with Crippen LogP contribution in [0, 0.1) is 11.3 Å². The monoisotopic (exact) mass is 358 g/mol. The molecular formula is C10H15Cl2F3O2S2. The van der Waals surface area contributed by atoms with Crippen LogP contribution in [-0.2, 0) is 9.84 Å². The van der Waals surface area contributed by atoms with Gasteiger partial charge in [-0.05, 0) is 18.8 Å². The fraction of sp³-hybridized carbons (Fsp3) is 1.00. The van der Waals surface area contributed by atoms with Gasteiger partial charge in [0.1, 0.15) is 0 Å². The van der Waals surface area contributed by atoms with Gasteiger partial charge in [-0.25, -0.2) is 8.42 Å². The molecule has 0 aromatic rings. The zero-order chi connectivity index (χ0) is 14.7. The Balaban J connectivity index is 2.69. The predicted molar refractivity (Wildman–Crippen MR) is 73.8 cm³/mol. The molecule has 2 nitrogen and oxygen atoms in total. The smallest absolute Gasteiger partial charge is 0.229 e. The molecule has 9 heteroatoms. The Kier molecular flexibility index (Phi) is 6.18. The maximum Gasteiger partial charge on any atom is 0.441 e. The van der Waals surface area contributed by atoms with E-state index in [9.17, 15) is 21.6 Å². The van der Waals surface area contributed by atoms with Crippen molar-refractivity contribution >= 4 is 44.8 Å². The Hall–Kier alpha value is 0.670. The van der Waals surface area contributed by atoms with Crippen molar-refractivity contribution in [3.05, 3.63) is 0 Å². The highest BCUT2D eigenvalue weighted by atomic mass is 35.5. The van der Waals surface area contributed by atoms with Crippen LogP contribution in [0.2, 0.25) is 0 Å². The van der Waals surface area contributed by atoms with Crippen molar-refractivity contribution in [3.63, 3.8) is 0 Å². The number of alkyl halides is 5. The van der Waals surface area contributed by atoms with Crippen LogP contribution in [0.15, 0.2) is 0 Å². The number of sulfone groups is 1. The van der Waals surface area contributed by atoms with Crippen molar-refractivity contribution in [2.24, 2.45) is 11.3 Å². The summed E-state index contributed by atoms with van der Waals surface area (Å²) in [7, 11) is -3.10. The van der Waals surface area contributed by atoms with Gasteiger partial charge in [-0.1, -0.05) is 11.8 Å². The summed E-state index contributed by atoms with van der Waals surface area (Å²) >= 11 is 11.6. The van der Waals surface area contributed by atoms with E-state index in [2.05, 4.69) is 0 Å². The van der Waals surface area contributed by atoms with Gasteiger partial charge in [0.15, 0.2) is 9.84 Å². The standard InChI is InChI=1S/C10H15Cl2F3O2S2/c11-6-9(7-12,2-3-18-10(13,14)15)8-1-4-19(16,17)5-8/h8H,1-7H2. The van der Waals surface area contributed by atoms with Crippen LogP contribution in [0.5, 0.6) is 0 Å². The van der Waals surface area contributed by atoms with Crippen molar-refractivity contribution in [2.75, 3.05) is 29.0 Å². The molecule has 0 aromatic heterocycles. The Morgan fingerprint density at radius 2 is 1.79 bits per heavy atom. The van der Waals surface area contributed by atoms with Crippen LogP contribution >= 0.6 is 35.0 Å². The van der Waals surface area contributed by atoms with Gasteiger partial charge in [0.25, 0.3) is 0 Å². The van der Waals surface area contributed by atoms with E-state index in [1.165, 1.54) is 0 Å². The molecule has 1 unspecified atom stereocenters. The van der Waals surface area contributed by atoms with E-state index in [1.54, 1.807) is 0 Å². The zero-order valence-corrected chi connectivity index (χ0v) is 13.2. The fourth-order valence-electron chi connectivity index (χ4n) is 2.24. The first-order chi connectivity index (χ1) is 8.64. The summed E-state index contributed by atoms with van der Waals surface area (Å²) in [4.78, 5) is 0. The van der Waals surface area contributed by atoms with Gasteiger partial charge in [0.2, 0.25) is 0 Å². The summed E-state index contributed by atoms with van der Waals surface area (Å²) in [6, 6.07) is 0. The summed E-state index contributed by atoms with van der Waals surface area (Å²) in [5, 5.41) is 0. The molecule has 1 fully saturated rings. The van der Waals surface area contributed by atoms with Crippen LogP contribution in [0.4, 0.5) is 13.2 Å². The maximum atomic E-state index is 12.1. The second-order valence-corrected chi connectivity index (χ2v) is 8.70. The highest BCUT2D eigenvalue weighted by molar-refractivity contribution is 8.00. The van der Waals surface area contributed by atoms with E-state index in [1.807, 2.05) is 0 Å². The minimum absolute atomic E-state index is 0.0247. The molecule has 19 heavy (non-hydrogen) atoms. The molecule has 0 saturated carbocycles. The topological polar surface area (TPSA) is 34.1 Å². The summed E-state index contributed by atoms with van der Waals surface area (Å²) < 4.78 is 59.4. The molecule has 114 valence electrons. The van der Waals surface area contributed by atoms with Crippen LogP contribution in [-0.4, -0.2) is 42.9 Å². The molecule has 1 rings (SSSR count). The number of halogens is 5. The quantitative estimate of drug-likeness (QED) is 0.681. The second kappa shape index (κ2) is 6.62. The van der Waals surface area contributed by atoms with Gasteiger partial charge in [-0.3, -0.25) is 0 Å². The molecule has 1 aliphatic heterocycles. The molecule has 0 radical (unpaired) electrons. The first-order valence-corrected chi connectivity index (χ1v) is 9.55.